The first-order valence-electron chi connectivity index (χ1n) is 6.91. The quantitative estimate of drug-likeness (QED) is 0.578. The second-order valence-electron chi connectivity index (χ2n) is 4.96. The second kappa shape index (κ2) is 6.85. The first-order valence-corrected chi connectivity index (χ1v) is 8.49. The maximum absolute atomic E-state index is 9.81. The van der Waals surface area contributed by atoms with Crippen LogP contribution in [-0.2, 0) is 0 Å². The van der Waals surface area contributed by atoms with Crippen LogP contribution < -0.4 is 0 Å². The number of aliphatic hydroxyl groups excluding tert-OH is 1. The van der Waals surface area contributed by atoms with Gasteiger partial charge in [-0.3, -0.25) is 0 Å². The van der Waals surface area contributed by atoms with Gasteiger partial charge in [-0.25, -0.2) is 4.98 Å². The third-order valence-corrected chi connectivity index (χ3v) is 5.31. The van der Waals surface area contributed by atoms with Gasteiger partial charge in [0.25, 0.3) is 0 Å². The van der Waals surface area contributed by atoms with Crippen molar-refractivity contribution in [2.45, 2.75) is 6.10 Å². The van der Waals surface area contributed by atoms with Crippen molar-refractivity contribution in [2.24, 2.45) is 0 Å². The molecule has 0 radical (unpaired) electrons. The topological polar surface area (TPSA) is 33.1 Å². The lowest BCUT2D eigenvalue weighted by Gasteiger charge is -2.05. The molecule has 0 aliphatic heterocycles. The lowest BCUT2D eigenvalue weighted by molar-refractivity contribution is 0.229. The van der Waals surface area contributed by atoms with E-state index in [4.69, 9.17) is 23.2 Å². The summed E-state index contributed by atoms with van der Waals surface area (Å²) >= 11 is 13.6. The van der Waals surface area contributed by atoms with Crippen molar-refractivity contribution in [3.63, 3.8) is 0 Å². The fourth-order valence-electron chi connectivity index (χ4n) is 2.19. The summed E-state index contributed by atoms with van der Waals surface area (Å²) in [6.45, 7) is 3.60. The number of aromatic nitrogens is 1. The molecule has 1 N–H and O–H groups in total. The van der Waals surface area contributed by atoms with Crippen LogP contribution in [0.3, 0.4) is 0 Å². The van der Waals surface area contributed by atoms with Crippen molar-refractivity contribution in [3.8, 4) is 0 Å². The van der Waals surface area contributed by atoms with Gasteiger partial charge >= 0.3 is 0 Å². The number of pyridine rings is 1. The summed E-state index contributed by atoms with van der Waals surface area (Å²) in [4.78, 5) is 4.53. The Morgan fingerprint density at radius 3 is 2.78 bits per heavy atom. The van der Waals surface area contributed by atoms with Crippen molar-refractivity contribution in [2.75, 3.05) is 0 Å². The number of fused-ring (bicyclic) bond motifs is 1. The molecule has 1 atom stereocenters. The van der Waals surface area contributed by atoms with Crippen LogP contribution in [0.25, 0.3) is 22.4 Å². The number of thiophene rings is 1. The molecule has 116 valence electrons. The zero-order valence-corrected chi connectivity index (χ0v) is 14.4. The predicted octanol–water partition coefficient (Wildman–Crippen LogP) is 5.99. The third-order valence-electron chi connectivity index (χ3n) is 3.38. The van der Waals surface area contributed by atoms with E-state index >= 15 is 0 Å². The number of halogens is 2. The van der Waals surface area contributed by atoms with Gasteiger partial charge in [0.15, 0.2) is 0 Å². The number of rotatable bonds is 4. The molecule has 23 heavy (non-hydrogen) atoms. The molecular weight excluding hydrogens is 349 g/mol. The molecule has 3 aromatic rings. The molecule has 0 fully saturated rings. The van der Waals surface area contributed by atoms with Crippen LogP contribution in [0.1, 0.15) is 22.9 Å². The summed E-state index contributed by atoms with van der Waals surface area (Å²) in [6, 6.07) is 11.5. The fourth-order valence-corrected chi connectivity index (χ4v) is 3.61. The average Bonchev–Trinajstić information content (AvgIpc) is 2.87. The van der Waals surface area contributed by atoms with Crippen molar-refractivity contribution < 1.29 is 5.11 Å². The number of hydrogen-bond acceptors (Lipinski definition) is 3. The van der Waals surface area contributed by atoms with Gasteiger partial charge in [-0.1, -0.05) is 53.6 Å². The van der Waals surface area contributed by atoms with Gasteiger partial charge in [-0.2, -0.15) is 0 Å². The molecule has 0 saturated carbocycles. The van der Waals surface area contributed by atoms with E-state index in [1.807, 2.05) is 48.6 Å². The van der Waals surface area contributed by atoms with Crippen LogP contribution in [0, 0.1) is 0 Å². The number of benzene rings is 1. The predicted molar refractivity (Wildman–Crippen MR) is 100 cm³/mol. The summed E-state index contributed by atoms with van der Waals surface area (Å²) < 4.78 is 1.52. The highest BCUT2D eigenvalue weighted by Gasteiger charge is 2.09. The lowest BCUT2D eigenvalue weighted by atomic mass is 10.1. The molecule has 0 aliphatic carbocycles. The van der Waals surface area contributed by atoms with Gasteiger partial charge in [-0.05, 0) is 35.4 Å². The van der Waals surface area contributed by atoms with E-state index in [0.29, 0.717) is 9.36 Å². The Morgan fingerprint density at radius 1 is 1.17 bits per heavy atom. The number of nitrogens with zero attached hydrogens (tertiary/aromatic N) is 1. The molecule has 2 nitrogen and oxygen atoms in total. The van der Waals surface area contributed by atoms with Gasteiger partial charge in [0.05, 0.1) is 21.5 Å². The smallest absolute Gasteiger partial charge is 0.114 e. The van der Waals surface area contributed by atoms with Crippen LogP contribution in [0.4, 0.5) is 0 Å². The Bertz CT molecular complexity index is 901. The molecule has 0 bridgehead atoms. The molecule has 1 aromatic carbocycles. The van der Waals surface area contributed by atoms with Crippen LogP contribution in [-0.4, -0.2) is 10.1 Å². The zero-order chi connectivity index (χ0) is 16.4. The summed E-state index contributed by atoms with van der Waals surface area (Å²) in [5.41, 5.74) is 3.29. The van der Waals surface area contributed by atoms with E-state index in [-0.39, 0.29) is 0 Å². The summed E-state index contributed by atoms with van der Waals surface area (Å²) in [6.07, 6.45) is 4.68. The standard InChI is InChI=1S/C18H13Cl2NOS/c1-2-14(22)12-5-3-4-11(10-12)6-7-13-8-9-15-17(21-13)16(19)18(20)23-15/h2-10,14,22H,1H2. The van der Waals surface area contributed by atoms with Crippen LogP contribution in [0.15, 0.2) is 49.1 Å². The van der Waals surface area contributed by atoms with Crippen molar-refractivity contribution in [1.82, 2.24) is 4.98 Å². The molecule has 2 heterocycles. The van der Waals surface area contributed by atoms with Crippen LogP contribution in [0.5, 0.6) is 0 Å². The van der Waals surface area contributed by atoms with Crippen molar-refractivity contribution >= 4 is 56.9 Å². The Morgan fingerprint density at radius 2 is 2.00 bits per heavy atom. The molecule has 3 rings (SSSR count). The number of hydrogen-bond donors (Lipinski definition) is 1. The molecule has 0 saturated heterocycles. The minimum Gasteiger partial charge on any atom is -0.384 e. The summed E-state index contributed by atoms with van der Waals surface area (Å²) in [5.74, 6) is 0. The average molecular weight is 362 g/mol. The van der Waals surface area contributed by atoms with E-state index < -0.39 is 6.10 Å². The van der Waals surface area contributed by atoms with Crippen LogP contribution in [0.2, 0.25) is 9.36 Å². The largest absolute Gasteiger partial charge is 0.384 e. The molecular formula is C18H13Cl2NOS. The fraction of sp³-hybridized carbons (Fsp3) is 0.0556. The minimum atomic E-state index is -0.662. The van der Waals surface area contributed by atoms with E-state index in [9.17, 15) is 5.11 Å². The van der Waals surface area contributed by atoms with Gasteiger partial charge in [0, 0.05) is 0 Å². The van der Waals surface area contributed by atoms with E-state index in [1.165, 1.54) is 17.4 Å². The van der Waals surface area contributed by atoms with E-state index in [2.05, 4.69) is 11.6 Å². The second-order valence-corrected chi connectivity index (χ2v) is 6.99. The highest BCUT2D eigenvalue weighted by atomic mass is 35.5. The van der Waals surface area contributed by atoms with Crippen molar-refractivity contribution in [1.29, 1.82) is 0 Å². The van der Waals surface area contributed by atoms with E-state index in [1.54, 1.807) is 0 Å². The molecule has 1 unspecified atom stereocenters. The molecule has 5 heteroatoms. The molecule has 0 spiro atoms. The maximum Gasteiger partial charge on any atom is 0.114 e. The Labute approximate surface area is 148 Å². The number of aliphatic hydroxyl groups is 1. The van der Waals surface area contributed by atoms with E-state index in [0.717, 1.165) is 27.0 Å². The third kappa shape index (κ3) is 3.48. The highest BCUT2D eigenvalue weighted by molar-refractivity contribution is 7.23. The Balaban J connectivity index is 1.90. The maximum atomic E-state index is 9.81. The zero-order valence-electron chi connectivity index (χ0n) is 12.0. The molecule has 2 aromatic heterocycles. The van der Waals surface area contributed by atoms with Crippen LogP contribution >= 0.6 is 34.5 Å². The Hall–Kier alpha value is -1.65. The molecule has 0 amide bonds. The highest BCUT2D eigenvalue weighted by Crippen LogP contribution is 2.37. The lowest BCUT2D eigenvalue weighted by Crippen LogP contribution is -1.92. The summed E-state index contributed by atoms with van der Waals surface area (Å²) in [5, 5.41) is 10.3. The van der Waals surface area contributed by atoms with Crippen molar-refractivity contribution in [3.05, 3.63) is 75.2 Å². The Kier molecular flexibility index (Phi) is 4.83. The van der Waals surface area contributed by atoms with Gasteiger partial charge in [0.1, 0.15) is 9.85 Å². The summed E-state index contributed by atoms with van der Waals surface area (Å²) in [7, 11) is 0. The van der Waals surface area contributed by atoms with Gasteiger partial charge < -0.3 is 5.11 Å². The molecule has 0 aliphatic rings. The minimum absolute atomic E-state index is 0.498. The first kappa shape index (κ1) is 16.2. The monoisotopic (exact) mass is 361 g/mol. The van der Waals surface area contributed by atoms with Gasteiger partial charge in [-0.15, -0.1) is 17.9 Å². The SMILES string of the molecule is C=CC(O)c1cccc(C=Cc2ccc3sc(Cl)c(Cl)c3n2)c1. The van der Waals surface area contributed by atoms with Gasteiger partial charge in [0.2, 0.25) is 0 Å². The normalized spacial score (nSPS) is 12.8. The first-order chi connectivity index (χ1) is 11.1.